The number of alkyl halides is 1. The summed E-state index contributed by atoms with van der Waals surface area (Å²) in [4.78, 5) is 12.6. The monoisotopic (exact) mass is 435 g/mol. The van der Waals surface area contributed by atoms with Gasteiger partial charge >= 0.3 is 0 Å². The number of rotatable bonds is 4. The molecule has 0 spiro atoms. The Balaban J connectivity index is 1.98. The van der Waals surface area contributed by atoms with Gasteiger partial charge in [-0.15, -0.1) is 11.3 Å². The Kier molecular flexibility index (Phi) is 5.26. The second-order valence-corrected chi connectivity index (χ2v) is 9.55. The SMILES string of the molecule is Cc1cc(C)c(Oc2ccc(C(C)(C)F)cc2-c2cn(C)c(=O)c3ccsc23)c(C)c1. The fourth-order valence-electron chi connectivity index (χ4n) is 4.02. The van der Waals surface area contributed by atoms with Crippen molar-refractivity contribution in [3.63, 3.8) is 0 Å². The lowest BCUT2D eigenvalue weighted by Gasteiger charge is -2.20. The summed E-state index contributed by atoms with van der Waals surface area (Å²) in [6, 6.07) is 11.5. The fourth-order valence-corrected chi connectivity index (χ4v) is 4.93. The third-order valence-electron chi connectivity index (χ3n) is 5.56. The van der Waals surface area contributed by atoms with Gasteiger partial charge in [0.25, 0.3) is 5.56 Å². The zero-order chi connectivity index (χ0) is 22.5. The molecule has 0 N–H and O–H groups in total. The fraction of sp³-hybridized carbons (Fsp3) is 0.269. The molecule has 0 unspecified atom stereocenters. The molecule has 0 amide bonds. The van der Waals surface area contributed by atoms with E-state index in [0.29, 0.717) is 16.7 Å². The minimum absolute atomic E-state index is 0.0466. The maximum atomic E-state index is 14.9. The largest absolute Gasteiger partial charge is 0.456 e. The lowest BCUT2D eigenvalue weighted by Crippen LogP contribution is -2.16. The second kappa shape index (κ2) is 7.65. The maximum absolute atomic E-state index is 14.9. The van der Waals surface area contributed by atoms with Gasteiger partial charge in [-0.25, -0.2) is 4.39 Å². The number of hydrogen-bond acceptors (Lipinski definition) is 3. The van der Waals surface area contributed by atoms with E-state index in [2.05, 4.69) is 19.1 Å². The van der Waals surface area contributed by atoms with Gasteiger partial charge in [-0.3, -0.25) is 4.79 Å². The zero-order valence-electron chi connectivity index (χ0n) is 18.7. The van der Waals surface area contributed by atoms with Crippen molar-refractivity contribution in [2.45, 2.75) is 40.3 Å². The number of pyridine rings is 1. The smallest absolute Gasteiger partial charge is 0.259 e. The summed E-state index contributed by atoms with van der Waals surface area (Å²) < 4.78 is 23.7. The van der Waals surface area contributed by atoms with Crippen LogP contribution in [0.15, 0.2) is 52.8 Å². The van der Waals surface area contributed by atoms with E-state index in [9.17, 15) is 9.18 Å². The molecule has 4 aromatic rings. The van der Waals surface area contributed by atoms with Gasteiger partial charge in [-0.05, 0) is 74.9 Å². The van der Waals surface area contributed by atoms with Gasteiger partial charge in [-0.1, -0.05) is 23.8 Å². The molecule has 0 aliphatic carbocycles. The van der Waals surface area contributed by atoms with E-state index in [4.69, 9.17) is 4.74 Å². The topological polar surface area (TPSA) is 31.2 Å². The molecular formula is C26H26FNO2S. The van der Waals surface area contributed by atoms with E-state index in [1.165, 1.54) is 16.9 Å². The van der Waals surface area contributed by atoms with Gasteiger partial charge in [-0.2, -0.15) is 0 Å². The molecule has 3 nitrogen and oxygen atoms in total. The first-order chi connectivity index (χ1) is 14.6. The first-order valence-corrected chi connectivity index (χ1v) is 11.1. The number of nitrogens with zero attached hydrogens (tertiary/aromatic N) is 1. The average Bonchev–Trinajstić information content (AvgIpc) is 3.17. The van der Waals surface area contributed by atoms with Gasteiger partial charge in [0, 0.05) is 29.1 Å². The van der Waals surface area contributed by atoms with Crippen LogP contribution in [0.4, 0.5) is 4.39 Å². The van der Waals surface area contributed by atoms with Crippen LogP contribution in [-0.2, 0) is 12.7 Å². The van der Waals surface area contributed by atoms with Gasteiger partial charge < -0.3 is 9.30 Å². The molecular weight excluding hydrogens is 409 g/mol. The number of halogens is 1. The highest BCUT2D eigenvalue weighted by Gasteiger charge is 2.23. The summed E-state index contributed by atoms with van der Waals surface area (Å²) in [6.07, 6.45) is 1.81. The molecule has 160 valence electrons. The second-order valence-electron chi connectivity index (χ2n) is 8.64. The van der Waals surface area contributed by atoms with Crippen molar-refractivity contribution >= 4 is 21.4 Å². The summed E-state index contributed by atoms with van der Waals surface area (Å²) >= 11 is 1.51. The number of aryl methyl sites for hydroxylation is 4. The summed E-state index contributed by atoms with van der Waals surface area (Å²) in [5.41, 5.74) is 3.90. The van der Waals surface area contributed by atoms with Crippen LogP contribution < -0.4 is 10.3 Å². The highest BCUT2D eigenvalue weighted by molar-refractivity contribution is 7.17. The summed E-state index contributed by atoms with van der Waals surface area (Å²) in [7, 11) is 1.74. The Labute approximate surface area is 185 Å². The Bertz CT molecular complexity index is 1340. The molecule has 0 radical (unpaired) electrons. The van der Waals surface area contributed by atoms with Crippen LogP contribution in [0.1, 0.15) is 36.1 Å². The van der Waals surface area contributed by atoms with Crippen molar-refractivity contribution in [2.75, 3.05) is 0 Å². The van der Waals surface area contributed by atoms with E-state index >= 15 is 0 Å². The third-order valence-corrected chi connectivity index (χ3v) is 6.50. The van der Waals surface area contributed by atoms with Crippen LogP contribution in [0, 0.1) is 20.8 Å². The van der Waals surface area contributed by atoms with Crippen molar-refractivity contribution < 1.29 is 9.13 Å². The molecule has 0 saturated heterocycles. The van der Waals surface area contributed by atoms with Crippen LogP contribution in [0.2, 0.25) is 0 Å². The normalized spacial score (nSPS) is 11.8. The van der Waals surface area contributed by atoms with E-state index in [1.54, 1.807) is 31.5 Å². The van der Waals surface area contributed by atoms with Crippen LogP contribution in [0.3, 0.4) is 0 Å². The Morgan fingerprint density at radius 1 is 1.00 bits per heavy atom. The lowest BCUT2D eigenvalue weighted by atomic mass is 9.95. The molecule has 0 aliphatic heterocycles. The molecule has 0 bridgehead atoms. The van der Waals surface area contributed by atoms with Gasteiger partial charge in [0.05, 0.1) is 5.39 Å². The van der Waals surface area contributed by atoms with Crippen molar-refractivity contribution in [3.05, 3.63) is 80.6 Å². The first-order valence-electron chi connectivity index (χ1n) is 10.2. The molecule has 31 heavy (non-hydrogen) atoms. The average molecular weight is 436 g/mol. The van der Waals surface area contributed by atoms with Crippen LogP contribution >= 0.6 is 11.3 Å². The lowest BCUT2D eigenvalue weighted by molar-refractivity contribution is 0.221. The highest BCUT2D eigenvalue weighted by Crippen LogP contribution is 2.42. The summed E-state index contributed by atoms with van der Waals surface area (Å²) in [5.74, 6) is 1.43. The van der Waals surface area contributed by atoms with E-state index < -0.39 is 5.67 Å². The molecule has 0 aliphatic rings. The minimum Gasteiger partial charge on any atom is -0.456 e. The third kappa shape index (κ3) is 3.90. The molecule has 2 aromatic heterocycles. The molecule has 5 heteroatoms. The number of thiophene rings is 1. The van der Waals surface area contributed by atoms with Gasteiger partial charge in [0.15, 0.2) is 0 Å². The van der Waals surface area contributed by atoms with Crippen LogP contribution in [-0.4, -0.2) is 4.57 Å². The van der Waals surface area contributed by atoms with Gasteiger partial charge in [0.1, 0.15) is 17.2 Å². The predicted molar refractivity (Wildman–Crippen MR) is 127 cm³/mol. The number of aromatic nitrogens is 1. The van der Waals surface area contributed by atoms with Crippen LogP contribution in [0.25, 0.3) is 21.2 Å². The first kappa shape index (κ1) is 21.3. The van der Waals surface area contributed by atoms with Crippen molar-refractivity contribution in [3.8, 4) is 22.6 Å². The van der Waals surface area contributed by atoms with Gasteiger partial charge in [0.2, 0.25) is 0 Å². The van der Waals surface area contributed by atoms with Crippen molar-refractivity contribution in [1.82, 2.24) is 4.57 Å². The molecule has 0 atom stereocenters. The van der Waals surface area contributed by atoms with E-state index in [1.807, 2.05) is 43.6 Å². The quantitative estimate of drug-likeness (QED) is 0.340. The number of benzene rings is 2. The predicted octanol–water partition coefficient (Wildman–Crippen LogP) is 7.19. The summed E-state index contributed by atoms with van der Waals surface area (Å²) in [6.45, 7) is 9.20. The number of ether oxygens (including phenoxy) is 1. The standard InChI is InChI=1S/C26H26FNO2S/c1-15-11-16(2)23(17(3)12-15)30-22-8-7-18(26(4,5)27)13-20(22)21-14-28(6)25(29)19-9-10-31-24(19)21/h7-14H,1-6H3. The minimum atomic E-state index is -1.50. The van der Waals surface area contributed by atoms with E-state index in [0.717, 1.165) is 32.7 Å². The maximum Gasteiger partial charge on any atom is 0.259 e. The highest BCUT2D eigenvalue weighted by atomic mass is 32.1. The zero-order valence-corrected chi connectivity index (χ0v) is 19.5. The van der Waals surface area contributed by atoms with Crippen molar-refractivity contribution in [1.29, 1.82) is 0 Å². The number of fused-ring (bicyclic) bond motifs is 1. The molecule has 4 rings (SSSR count). The summed E-state index contributed by atoms with van der Waals surface area (Å²) in [5, 5.41) is 2.57. The Morgan fingerprint density at radius 2 is 1.68 bits per heavy atom. The van der Waals surface area contributed by atoms with Crippen LogP contribution in [0.5, 0.6) is 11.5 Å². The Hall–Kier alpha value is -2.92. The molecule has 2 aromatic carbocycles. The number of hydrogen-bond donors (Lipinski definition) is 0. The van der Waals surface area contributed by atoms with Crippen molar-refractivity contribution in [2.24, 2.45) is 7.05 Å². The molecule has 2 heterocycles. The molecule has 0 fully saturated rings. The van der Waals surface area contributed by atoms with E-state index in [-0.39, 0.29) is 5.56 Å². The molecule has 0 saturated carbocycles. The Morgan fingerprint density at radius 3 is 2.32 bits per heavy atom.